The van der Waals surface area contributed by atoms with Crippen LogP contribution in [-0.2, 0) is 11.2 Å². The fraction of sp³-hybridized carbons (Fsp3) is 0.407. The zero-order valence-electron chi connectivity index (χ0n) is 19.7. The molecule has 1 saturated carbocycles. The van der Waals surface area contributed by atoms with E-state index in [0.29, 0.717) is 31.1 Å². The van der Waals surface area contributed by atoms with Gasteiger partial charge in [0.25, 0.3) is 0 Å². The van der Waals surface area contributed by atoms with Crippen molar-refractivity contribution in [3.63, 3.8) is 0 Å². The first-order valence-electron chi connectivity index (χ1n) is 12.1. The van der Waals surface area contributed by atoms with Crippen LogP contribution in [0.4, 0.5) is 4.79 Å². The van der Waals surface area contributed by atoms with E-state index in [9.17, 15) is 9.59 Å². The average Bonchev–Trinajstić information content (AvgIpc) is 3.34. The summed E-state index contributed by atoms with van der Waals surface area (Å²) in [7, 11) is 0. The number of aryl methyl sites for hydroxylation is 3. The van der Waals surface area contributed by atoms with Crippen molar-refractivity contribution in [2.45, 2.75) is 57.9 Å². The number of aromatic nitrogens is 2. The molecule has 2 heterocycles. The molecule has 176 valence electrons. The summed E-state index contributed by atoms with van der Waals surface area (Å²) < 4.78 is 5.61. The second-order valence-electron chi connectivity index (χ2n) is 9.51. The van der Waals surface area contributed by atoms with Crippen LogP contribution in [0.5, 0.6) is 0 Å². The SMILES string of the molecule is Cc1ccc(-c2noc(C3CCC4C(=O)N(CCCc5ccccc5)C(=O)NC4C3)n2)cc1C. The number of carbonyl (C=O) groups is 2. The number of rotatable bonds is 6. The van der Waals surface area contributed by atoms with Crippen LogP contribution >= 0.6 is 0 Å². The molecular formula is C27H30N4O3. The molecule has 7 nitrogen and oxygen atoms in total. The van der Waals surface area contributed by atoms with Crippen LogP contribution in [0.25, 0.3) is 11.4 Å². The smallest absolute Gasteiger partial charge is 0.324 e. The normalized spacial score (nSPS) is 22.4. The van der Waals surface area contributed by atoms with Crippen LogP contribution in [0.2, 0.25) is 0 Å². The second kappa shape index (κ2) is 9.41. The number of amides is 3. The maximum absolute atomic E-state index is 13.1. The van der Waals surface area contributed by atoms with Gasteiger partial charge < -0.3 is 9.84 Å². The van der Waals surface area contributed by atoms with Crippen molar-refractivity contribution in [1.82, 2.24) is 20.4 Å². The van der Waals surface area contributed by atoms with Gasteiger partial charge in [-0.15, -0.1) is 0 Å². The predicted octanol–water partition coefficient (Wildman–Crippen LogP) is 4.79. The molecule has 2 aliphatic rings. The van der Waals surface area contributed by atoms with E-state index in [1.54, 1.807) is 0 Å². The van der Waals surface area contributed by atoms with Crippen LogP contribution in [0.15, 0.2) is 53.1 Å². The highest BCUT2D eigenvalue weighted by atomic mass is 16.5. The van der Waals surface area contributed by atoms with Gasteiger partial charge in [-0.3, -0.25) is 9.69 Å². The van der Waals surface area contributed by atoms with Gasteiger partial charge in [0.15, 0.2) is 0 Å². The first kappa shape index (κ1) is 22.3. The fourth-order valence-corrected chi connectivity index (χ4v) is 5.08. The Morgan fingerprint density at radius 1 is 1.06 bits per heavy atom. The Bertz CT molecular complexity index is 1190. The first-order chi connectivity index (χ1) is 16.5. The van der Waals surface area contributed by atoms with E-state index in [2.05, 4.69) is 53.6 Å². The van der Waals surface area contributed by atoms with Crippen LogP contribution in [-0.4, -0.2) is 39.6 Å². The minimum Gasteiger partial charge on any atom is -0.339 e. The number of nitrogens with zero attached hydrogens (tertiary/aromatic N) is 3. The monoisotopic (exact) mass is 458 g/mol. The molecule has 0 bridgehead atoms. The summed E-state index contributed by atoms with van der Waals surface area (Å²) in [6, 6.07) is 15.8. The maximum atomic E-state index is 13.1. The summed E-state index contributed by atoms with van der Waals surface area (Å²) in [5.41, 5.74) is 4.54. The quantitative estimate of drug-likeness (QED) is 0.574. The van der Waals surface area contributed by atoms with Crippen molar-refractivity contribution in [2.75, 3.05) is 6.54 Å². The van der Waals surface area contributed by atoms with E-state index in [4.69, 9.17) is 4.52 Å². The molecule has 2 fully saturated rings. The molecule has 3 atom stereocenters. The van der Waals surface area contributed by atoms with Gasteiger partial charge in [-0.25, -0.2) is 4.79 Å². The third-order valence-electron chi connectivity index (χ3n) is 7.23. The van der Waals surface area contributed by atoms with Crippen molar-refractivity contribution in [1.29, 1.82) is 0 Å². The van der Waals surface area contributed by atoms with Crippen molar-refractivity contribution in [3.05, 3.63) is 71.1 Å². The molecule has 1 N–H and O–H groups in total. The standard InChI is InChI=1S/C27H30N4O3/c1-17-10-11-20(15-18(17)2)24-29-25(34-30-24)21-12-13-22-23(16-21)28-27(33)31(26(22)32)14-6-9-19-7-4-3-5-8-19/h3-5,7-8,10-11,15,21-23H,6,9,12-14,16H2,1-2H3,(H,28,33). The first-order valence-corrected chi connectivity index (χ1v) is 12.1. The minimum absolute atomic E-state index is 0.0341. The molecule has 2 aromatic carbocycles. The number of hydrogen-bond donors (Lipinski definition) is 1. The highest BCUT2D eigenvalue weighted by molar-refractivity contribution is 5.98. The predicted molar refractivity (Wildman–Crippen MR) is 128 cm³/mol. The number of hydrogen-bond acceptors (Lipinski definition) is 5. The summed E-state index contributed by atoms with van der Waals surface area (Å²) in [6.45, 7) is 4.58. The van der Waals surface area contributed by atoms with E-state index < -0.39 is 0 Å². The molecule has 1 saturated heterocycles. The lowest BCUT2D eigenvalue weighted by Crippen LogP contribution is -2.61. The zero-order chi connectivity index (χ0) is 23.7. The molecule has 3 amide bonds. The Labute approximate surface area is 199 Å². The molecule has 3 unspecified atom stereocenters. The third kappa shape index (κ3) is 4.47. The highest BCUT2D eigenvalue weighted by Gasteiger charge is 2.45. The zero-order valence-corrected chi connectivity index (χ0v) is 19.7. The summed E-state index contributed by atoms with van der Waals surface area (Å²) >= 11 is 0. The molecule has 0 spiro atoms. The van der Waals surface area contributed by atoms with Gasteiger partial charge in [0, 0.05) is 24.1 Å². The topological polar surface area (TPSA) is 88.3 Å². The lowest BCUT2D eigenvalue weighted by Gasteiger charge is -2.41. The Hall–Kier alpha value is -3.48. The Morgan fingerprint density at radius 3 is 2.68 bits per heavy atom. The van der Waals surface area contributed by atoms with E-state index in [0.717, 1.165) is 24.8 Å². The minimum atomic E-state index is -0.290. The number of fused-ring (bicyclic) bond motifs is 1. The largest absolute Gasteiger partial charge is 0.339 e. The summed E-state index contributed by atoms with van der Waals surface area (Å²) in [4.78, 5) is 31.9. The van der Waals surface area contributed by atoms with Gasteiger partial charge in [0.05, 0.1) is 5.92 Å². The van der Waals surface area contributed by atoms with Gasteiger partial charge >= 0.3 is 6.03 Å². The summed E-state index contributed by atoms with van der Waals surface area (Å²) in [6.07, 6.45) is 3.72. The van der Waals surface area contributed by atoms with Crippen LogP contribution in [0.3, 0.4) is 0 Å². The molecular weight excluding hydrogens is 428 g/mol. The molecule has 7 heteroatoms. The van der Waals surface area contributed by atoms with Crippen molar-refractivity contribution in [3.8, 4) is 11.4 Å². The van der Waals surface area contributed by atoms with E-state index in [1.165, 1.54) is 21.6 Å². The van der Waals surface area contributed by atoms with Crippen LogP contribution in [0, 0.1) is 19.8 Å². The summed E-state index contributed by atoms with van der Waals surface area (Å²) in [5, 5.41) is 7.26. The number of benzene rings is 2. The molecule has 1 aliphatic carbocycles. The van der Waals surface area contributed by atoms with Gasteiger partial charge in [0.1, 0.15) is 0 Å². The average molecular weight is 459 g/mol. The molecule has 1 aliphatic heterocycles. The highest BCUT2D eigenvalue weighted by Crippen LogP contribution is 2.38. The fourth-order valence-electron chi connectivity index (χ4n) is 5.08. The third-order valence-corrected chi connectivity index (χ3v) is 7.23. The van der Waals surface area contributed by atoms with Gasteiger partial charge in [-0.1, -0.05) is 47.6 Å². The van der Waals surface area contributed by atoms with Gasteiger partial charge in [-0.05, 0) is 68.7 Å². The van der Waals surface area contributed by atoms with Crippen molar-refractivity contribution in [2.24, 2.45) is 5.92 Å². The number of urea groups is 1. The number of carbonyl (C=O) groups excluding carboxylic acids is 2. The van der Waals surface area contributed by atoms with E-state index in [1.807, 2.05) is 24.3 Å². The van der Waals surface area contributed by atoms with Crippen molar-refractivity contribution >= 4 is 11.9 Å². The maximum Gasteiger partial charge on any atom is 0.324 e. The number of nitrogens with one attached hydrogen (secondary N) is 1. The molecule has 34 heavy (non-hydrogen) atoms. The van der Waals surface area contributed by atoms with Crippen molar-refractivity contribution < 1.29 is 14.1 Å². The molecule has 1 aromatic heterocycles. The van der Waals surface area contributed by atoms with Gasteiger partial charge in [-0.2, -0.15) is 4.98 Å². The Morgan fingerprint density at radius 2 is 1.88 bits per heavy atom. The number of imide groups is 1. The second-order valence-corrected chi connectivity index (χ2v) is 9.51. The van der Waals surface area contributed by atoms with Gasteiger partial charge in [0.2, 0.25) is 17.6 Å². The lowest BCUT2D eigenvalue weighted by atomic mass is 9.76. The summed E-state index contributed by atoms with van der Waals surface area (Å²) in [5.74, 6) is 0.952. The van der Waals surface area contributed by atoms with Crippen LogP contribution < -0.4 is 5.32 Å². The lowest BCUT2D eigenvalue weighted by molar-refractivity contribution is -0.136. The Kier molecular flexibility index (Phi) is 6.18. The molecule has 5 rings (SSSR count). The molecule has 0 radical (unpaired) electrons. The molecule has 3 aromatic rings. The van der Waals surface area contributed by atoms with E-state index in [-0.39, 0.29) is 29.8 Å². The van der Waals surface area contributed by atoms with Crippen LogP contribution in [0.1, 0.15) is 54.2 Å². The Balaban J connectivity index is 1.21. The van der Waals surface area contributed by atoms with E-state index >= 15 is 0 Å².